The number of aromatic nitrogens is 2. The van der Waals surface area contributed by atoms with Gasteiger partial charge < -0.3 is 9.88 Å². The first-order valence-electron chi connectivity index (χ1n) is 8.63. The number of carbonyl (C=O) groups excluding carboxylic acids is 1. The van der Waals surface area contributed by atoms with Crippen LogP contribution >= 0.6 is 0 Å². The molecule has 1 atom stereocenters. The molecule has 0 aliphatic heterocycles. The summed E-state index contributed by atoms with van der Waals surface area (Å²) in [7, 11) is 2.01. The van der Waals surface area contributed by atoms with Gasteiger partial charge in [0.15, 0.2) is 0 Å². The standard InChI is InChI=1S/C20H24N4O2/c1-20(10-4-3-5-11-20)14-21-13-18-22-16-12-15(7-9-19(25)23-26)6-8-17(16)24(18)2/h3-10,12,21,26H,11,13-14H2,1-2H3,(H,23,25)/b9-7+. The predicted octanol–water partition coefficient (Wildman–Crippen LogP) is 2.70. The number of rotatable bonds is 6. The third-order valence-electron chi connectivity index (χ3n) is 4.68. The highest BCUT2D eigenvalue weighted by molar-refractivity contribution is 5.91. The van der Waals surface area contributed by atoms with Gasteiger partial charge in [-0.2, -0.15) is 0 Å². The Labute approximate surface area is 152 Å². The van der Waals surface area contributed by atoms with Gasteiger partial charge in [-0.25, -0.2) is 10.5 Å². The number of aryl methyl sites for hydroxylation is 1. The van der Waals surface area contributed by atoms with E-state index in [1.54, 1.807) is 11.6 Å². The van der Waals surface area contributed by atoms with Gasteiger partial charge in [0, 0.05) is 25.1 Å². The SMILES string of the molecule is Cn1c(CNCC2(C)C=CC=CC2)nc2cc(/C=C/C(=O)NO)ccc21. The minimum Gasteiger partial charge on any atom is -0.330 e. The van der Waals surface area contributed by atoms with Crippen LogP contribution < -0.4 is 10.8 Å². The molecule has 0 radical (unpaired) electrons. The number of hydrogen-bond donors (Lipinski definition) is 3. The molecule has 1 heterocycles. The monoisotopic (exact) mass is 352 g/mol. The zero-order chi connectivity index (χ0) is 18.6. The van der Waals surface area contributed by atoms with E-state index in [1.807, 2.05) is 25.2 Å². The zero-order valence-corrected chi connectivity index (χ0v) is 15.1. The van der Waals surface area contributed by atoms with E-state index in [2.05, 4.69) is 41.1 Å². The first-order chi connectivity index (χ1) is 12.5. The molecule has 0 spiro atoms. The van der Waals surface area contributed by atoms with Gasteiger partial charge in [0.1, 0.15) is 5.82 Å². The Kier molecular flexibility index (Phi) is 5.35. The smallest absolute Gasteiger partial charge is 0.267 e. The molecule has 26 heavy (non-hydrogen) atoms. The molecule has 0 fully saturated rings. The lowest BCUT2D eigenvalue weighted by Crippen LogP contribution is -2.31. The van der Waals surface area contributed by atoms with E-state index in [-0.39, 0.29) is 5.41 Å². The van der Waals surface area contributed by atoms with Gasteiger partial charge >= 0.3 is 0 Å². The molecule has 0 saturated heterocycles. The van der Waals surface area contributed by atoms with Gasteiger partial charge in [-0.3, -0.25) is 10.0 Å². The van der Waals surface area contributed by atoms with Crippen molar-refractivity contribution in [2.45, 2.75) is 19.9 Å². The summed E-state index contributed by atoms with van der Waals surface area (Å²) in [5.41, 5.74) is 4.49. The summed E-state index contributed by atoms with van der Waals surface area (Å²) in [5.74, 6) is 0.407. The first-order valence-corrected chi connectivity index (χ1v) is 8.63. The minimum atomic E-state index is -0.559. The van der Waals surface area contributed by atoms with E-state index in [9.17, 15) is 4.79 Å². The maximum atomic E-state index is 11.1. The number of fused-ring (bicyclic) bond motifs is 1. The molecule has 136 valence electrons. The molecule has 0 bridgehead atoms. The summed E-state index contributed by atoms with van der Waals surface area (Å²) in [6, 6.07) is 5.83. The van der Waals surface area contributed by atoms with Crippen LogP contribution in [-0.4, -0.2) is 27.2 Å². The van der Waals surface area contributed by atoms with E-state index in [1.165, 1.54) is 6.08 Å². The lowest BCUT2D eigenvalue weighted by molar-refractivity contribution is -0.124. The van der Waals surface area contributed by atoms with Crippen molar-refractivity contribution in [1.82, 2.24) is 20.3 Å². The van der Waals surface area contributed by atoms with E-state index >= 15 is 0 Å². The largest absolute Gasteiger partial charge is 0.330 e. The van der Waals surface area contributed by atoms with E-state index in [0.717, 1.165) is 35.4 Å². The fourth-order valence-electron chi connectivity index (χ4n) is 3.10. The van der Waals surface area contributed by atoms with Gasteiger partial charge in [0.25, 0.3) is 5.91 Å². The Bertz CT molecular complexity index is 895. The lowest BCUT2D eigenvalue weighted by Gasteiger charge is -2.26. The third kappa shape index (κ3) is 4.09. The Morgan fingerprint density at radius 3 is 3.00 bits per heavy atom. The Morgan fingerprint density at radius 2 is 2.27 bits per heavy atom. The van der Waals surface area contributed by atoms with Crippen LogP contribution in [0.2, 0.25) is 0 Å². The highest BCUT2D eigenvalue weighted by Gasteiger charge is 2.20. The molecule has 1 unspecified atom stereocenters. The van der Waals surface area contributed by atoms with Crippen LogP contribution in [0.15, 0.2) is 48.6 Å². The van der Waals surface area contributed by atoms with Crippen molar-refractivity contribution in [3.63, 3.8) is 0 Å². The zero-order valence-electron chi connectivity index (χ0n) is 15.1. The molecule has 1 amide bonds. The summed E-state index contributed by atoms with van der Waals surface area (Å²) < 4.78 is 2.08. The fourth-order valence-corrected chi connectivity index (χ4v) is 3.10. The summed E-state index contributed by atoms with van der Waals surface area (Å²) >= 11 is 0. The van der Waals surface area contributed by atoms with Crippen LogP contribution in [0, 0.1) is 5.41 Å². The van der Waals surface area contributed by atoms with Crippen LogP contribution in [-0.2, 0) is 18.4 Å². The second-order valence-electron chi connectivity index (χ2n) is 6.89. The highest BCUT2D eigenvalue weighted by Crippen LogP contribution is 2.26. The third-order valence-corrected chi connectivity index (χ3v) is 4.68. The van der Waals surface area contributed by atoms with Crippen molar-refractivity contribution in [3.05, 3.63) is 60.0 Å². The molecule has 6 nitrogen and oxygen atoms in total. The van der Waals surface area contributed by atoms with Crippen molar-refractivity contribution in [2.24, 2.45) is 12.5 Å². The number of nitrogens with zero attached hydrogens (tertiary/aromatic N) is 2. The molecule has 1 aliphatic carbocycles. The maximum absolute atomic E-state index is 11.1. The predicted molar refractivity (Wildman–Crippen MR) is 102 cm³/mol. The van der Waals surface area contributed by atoms with E-state index < -0.39 is 5.91 Å². The van der Waals surface area contributed by atoms with Crippen LogP contribution in [0.1, 0.15) is 24.7 Å². The van der Waals surface area contributed by atoms with Crippen molar-refractivity contribution >= 4 is 23.0 Å². The number of imidazole rings is 1. The van der Waals surface area contributed by atoms with Crippen molar-refractivity contribution in [1.29, 1.82) is 0 Å². The molecule has 2 aromatic rings. The second-order valence-corrected chi connectivity index (χ2v) is 6.89. The number of amides is 1. The summed E-state index contributed by atoms with van der Waals surface area (Å²) in [4.78, 5) is 15.8. The van der Waals surface area contributed by atoms with Crippen molar-refractivity contribution in [2.75, 3.05) is 6.54 Å². The summed E-state index contributed by atoms with van der Waals surface area (Å²) in [6.07, 6.45) is 12.6. The van der Waals surface area contributed by atoms with Gasteiger partial charge in [-0.05, 0) is 30.2 Å². The number of nitrogens with one attached hydrogen (secondary N) is 2. The fraction of sp³-hybridized carbons (Fsp3) is 0.300. The van der Waals surface area contributed by atoms with Crippen molar-refractivity contribution < 1.29 is 10.0 Å². The Hall–Kier alpha value is -2.70. The quantitative estimate of drug-likeness (QED) is 0.424. The summed E-state index contributed by atoms with van der Waals surface area (Å²) in [5, 5.41) is 12.1. The molecular weight excluding hydrogens is 328 g/mol. The molecule has 1 aromatic heterocycles. The first kappa shape index (κ1) is 18.1. The normalized spacial score (nSPS) is 19.5. The average molecular weight is 352 g/mol. The molecule has 3 rings (SSSR count). The summed E-state index contributed by atoms with van der Waals surface area (Å²) in [6.45, 7) is 3.83. The topological polar surface area (TPSA) is 79.2 Å². The van der Waals surface area contributed by atoms with Gasteiger partial charge in [0.2, 0.25) is 0 Å². The number of benzene rings is 1. The molecule has 3 N–H and O–H groups in total. The minimum absolute atomic E-state index is 0.143. The molecule has 1 aliphatic rings. The maximum Gasteiger partial charge on any atom is 0.267 e. The van der Waals surface area contributed by atoms with Crippen LogP contribution in [0.25, 0.3) is 17.1 Å². The highest BCUT2D eigenvalue weighted by atomic mass is 16.5. The Morgan fingerprint density at radius 1 is 1.42 bits per heavy atom. The van der Waals surface area contributed by atoms with Crippen LogP contribution in [0.5, 0.6) is 0 Å². The number of allylic oxidation sites excluding steroid dienone is 3. The number of hydrogen-bond acceptors (Lipinski definition) is 4. The Balaban J connectivity index is 1.70. The van der Waals surface area contributed by atoms with Gasteiger partial charge in [-0.1, -0.05) is 37.3 Å². The molecular formula is C20H24N4O2. The van der Waals surface area contributed by atoms with Gasteiger partial charge in [-0.15, -0.1) is 0 Å². The second kappa shape index (κ2) is 7.68. The average Bonchev–Trinajstić information content (AvgIpc) is 2.95. The molecule has 6 heteroatoms. The van der Waals surface area contributed by atoms with Gasteiger partial charge in [0.05, 0.1) is 17.6 Å². The van der Waals surface area contributed by atoms with Crippen LogP contribution in [0.4, 0.5) is 0 Å². The molecule has 1 aromatic carbocycles. The van der Waals surface area contributed by atoms with E-state index in [4.69, 9.17) is 10.2 Å². The number of carbonyl (C=O) groups is 1. The van der Waals surface area contributed by atoms with E-state index in [0.29, 0.717) is 6.54 Å². The van der Waals surface area contributed by atoms with Crippen molar-refractivity contribution in [3.8, 4) is 0 Å². The number of hydroxylamine groups is 1. The molecule has 0 saturated carbocycles. The lowest BCUT2D eigenvalue weighted by atomic mass is 9.84. The van der Waals surface area contributed by atoms with Crippen LogP contribution in [0.3, 0.4) is 0 Å².